The first kappa shape index (κ1) is 18.1. The molecule has 1 aliphatic heterocycles. The van der Waals surface area contributed by atoms with Crippen LogP contribution in [0.1, 0.15) is 16.4 Å². The number of halogens is 1. The van der Waals surface area contributed by atoms with Crippen LogP contribution >= 0.6 is 0 Å². The van der Waals surface area contributed by atoms with Crippen LogP contribution < -0.4 is 4.72 Å². The van der Waals surface area contributed by atoms with Gasteiger partial charge >= 0.3 is 0 Å². The molecule has 1 aromatic heterocycles. The summed E-state index contributed by atoms with van der Waals surface area (Å²) in [6, 6.07) is 11.2. The fourth-order valence-electron chi connectivity index (χ4n) is 2.94. The molecule has 0 atom stereocenters. The molecular formula is C18H16FN5O3S. The number of anilines is 1. The molecule has 0 saturated carbocycles. The van der Waals surface area contributed by atoms with Crippen molar-refractivity contribution in [2.24, 2.45) is 0 Å². The number of hydrogen-bond acceptors (Lipinski definition) is 5. The first-order valence-electron chi connectivity index (χ1n) is 8.46. The minimum atomic E-state index is -4.06. The third-order valence-electron chi connectivity index (χ3n) is 4.47. The van der Waals surface area contributed by atoms with E-state index >= 15 is 0 Å². The number of aromatic nitrogens is 3. The predicted octanol–water partition coefficient (Wildman–Crippen LogP) is 1.92. The summed E-state index contributed by atoms with van der Waals surface area (Å²) in [5.74, 6) is -0.985. The quantitative estimate of drug-likeness (QED) is 0.704. The molecule has 2 aromatic carbocycles. The third-order valence-corrected chi connectivity index (χ3v) is 5.89. The average molecular weight is 401 g/mol. The minimum Gasteiger partial charge on any atom is -0.334 e. The largest absolute Gasteiger partial charge is 0.334 e. The van der Waals surface area contributed by atoms with Crippen molar-refractivity contribution in [2.45, 2.75) is 10.9 Å². The summed E-state index contributed by atoms with van der Waals surface area (Å²) in [4.78, 5) is 13.7. The second kappa shape index (κ2) is 7.04. The van der Waals surface area contributed by atoms with E-state index in [9.17, 15) is 17.6 Å². The Kier molecular flexibility index (Phi) is 4.55. The summed E-state index contributed by atoms with van der Waals surface area (Å²) in [5, 5.41) is 7.67. The highest BCUT2D eigenvalue weighted by molar-refractivity contribution is 7.92. The maximum absolute atomic E-state index is 13.7. The molecular weight excluding hydrogens is 385 g/mol. The monoisotopic (exact) mass is 401 g/mol. The first-order valence-corrected chi connectivity index (χ1v) is 9.95. The number of nitrogens with zero attached hydrogens (tertiary/aromatic N) is 4. The highest BCUT2D eigenvalue weighted by Gasteiger charge is 2.32. The van der Waals surface area contributed by atoms with Gasteiger partial charge in [-0.05, 0) is 36.4 Å². The van der Waals surface area contributed by atoms with Crippen molar-refractivity contribution < 1.29 is 17.6 Å². The van der Waals surface area contributed by atoms with Gasteiger partial charge in [0.05, 0.1) is 12.2 Å². The Morgan fingerprint density at radius 3 is 2.46 bits per heavy atom. The number of hydrogen-bond donors (Lipinski definition) is 1. The minimum absolute atomic E-state index is 0.110. The highest BCUT2D eigenvalue weighted by Crippen LogP contribution is 2.23. The maximum atomic E-state index is 13.7. The predicted molar refractivity (Wildman–Crippen MR) is 98.6 cm³/mol. The molecule has 10 heteroatoms. The van der Waals surface area contributed by atoms with E-state index in [4.69, 9.17) is 0 Å². The van der Waals surface area contributed by atoms with Crippen LogP contribution in [0.5, 0.6) is 0 Å². The van der Waals surface area contributed by atoms with Gasteiger partial charge in [0.15, 0.2) is 0 Å². The average Bonchev–Trinajstić information content (AvgIpc) is 3.15. The zero-order valence-corrected chi connectivity index (χ0v) is 15.4. The topological polar surface area (TPSA) is 97.2 Å². The summed E-state index contributed by atoms with van der Waals surface area (Å²) in [6.45, 7) is 1.06. The molecule has 144 valence electrons. The van der Waals surface area contributed by atoms with Crippen LogP contribution in [-0.4, -0.2) is 47.3 Å². The number of carbonyl (C=O) groups excluding carboxylic acids is 1. The molecule has 1 aliphatic rings. The fourth-order valence-corrected chi connectivity index (χ4v) is 4.08. The summed E-state index contributed by atoms with van der Waals surface area (Å²) in [6.07, 6.45) is 3.34. The van der Waals surface area contributed by atoms with Crippen LogP contribution in [0.25, 0.3) is 0 Å². The molecule has 4 rings (SSSR count). The molecule has 0 aliphatic carbocycles. The second-order valence-corrected chi connectivity index (χ2v) is 8.01. The molecule has 3 aromatic rings. The molecule has 28 heavy (non-hydrogen) atoms. The van der Waals surface area contributed by atoms with Crippen LogP contribution in [0.15, 0.2) is 65.8 Å². The molecule has 1 saturated heterocycles. The lowest BCUT2D eigenvalue weighted by Gasteiger charge is -2.38. The summed E-state index contributed by atoms with van der Waals surface area (Å²) in [5.41, 5.74) is 0.676. The van der Waals surface area contributed by atoms with Gasteiger partial charge in [-0.2, -0.15) is 0 Å². The van der Waals surface area contributed by atoms with Gasteiger partial charge in [-0.25, -0.2) is 17.5 Å². The van der Waals surface area contributed by atoms with Gasteiger partial charge in [-0.1, -0.05) is 17.3 Å². The highest BCUT2D eigenvalue weighted by atomic mass is 32.2. The molecule has 1 fully saturated rings. The van der Waals surface area contributed by atoms with Crippen LogP contribution in [0, 0.1) is 5.82 Å². The van der Waals surface area contributed by atoms with E-state index in [-0.39, 0.29) is 17.6 Å². The van der Waals surface area contributed by atoms with E-state index in [1.165, 1.54) is 42.5 Å². The molecule has 0 spiro atoms. The van der Waals surface area contributed by atoms with Gasteiger partial charge in [0, 0.05) is 30.5 Å². The lowest BCUT2D eigenvalue weighted by molar-refractivity contribution is 0.0498. The standard InChI is InChI=1S/C18H16FN5O3S/c19-16-3-1-2-4-17(16)28(26,27)21-14-7-5-13(6-8-14)18(25)23-11-15(12-23)24-10-9-20-22-24/h1-10,15,21H,11-12H2. The first-order chi connectivity index (χ1) is 13.4. The summed E-state index contributed by atoms with van der Waals surface area (Å²) < 4.78 is 42.4. The number of amides is 1. The Labute approximate surface area is 160 Å². The number of sulfonamides is 1. The van der Waals surface area contributed by atoms with Crippen molar-refractivity contribution in [1.82, 2.24) is 19.9 Å². The van der Waals surface area contributed by atoms with Crippen molar-refractivity contribution >= 4 is 21.6 Å². The van der Waals surface area contributed by atoms with Crippen molar-refractivity contribution in [3.63, 3.8) is 0 Å². The number of carbonyl (C=O) groups is 1. The van der Waals surface area contributed by atoms with E-state index < -0.39 is 20.7 Å². The number of benzene rings is 2. The van der Waals surface area contributed by atoms with Crippen molar-refractivity contribution in [3.05, 3.63) is 72.3 Å². The summed E-state index contributed by atoms with van der Waals surface area (Å²) >= 11 is 0. The van der Waals surface area contributed by atoms with E-state index in [0.717, 1.165) is 6.07 Å². The molecule has 1 amide bonds. The van der Waals surface area contributed by atoms with Gasteiger partial charge in [0.2, 0.25) is 0 Å². The number of nitrogens with one attached hydrogen (secondary N) is 1. The Balaban J connectivity index is 1.42. The second-order valence-electron chi connectivity index (χ2n) is 6.36. The van der Waals surface area contributed by atoms with Crippen molar-refractivity contribution in [3.8, 4) is 0 Å². The number of rotatable bonds is 5. The zero-order valence-electron chi connectivity index (χ0n) is 14.6. The van der Waals surface area contributed by atoms with Crippen LogP contribution in [0.4, 0.5) is 10.1 Å². The molecule has 0 bridgehead atoms. The molecule has 0 unspecified atom stereocenters. The maximum Gasteiger partial charge on any atom is 0.264 e. The van der Waals surface area contributed by atoms with E-state index in [0.29, 0.717) is 18.7 Å². The molecule has 0 radical (unpaired) electrons. The lowest BCUT2D eigenvalue weighted by Crippen LogP contribution is -2.50. The lowest BCUT2D eigenvalue weighted by atomic mass is 10.1. The molecule has 1 N–H and O–H groups in total. The smallest absolute Gasteiger partial charge is 0.264 e. The van der Waals surface area contributed by atoms with Crippen molar-refractivity contribution in [2.75, 3.05) is 17.8 Å². The normalized spacial score (nSPS) is 14.5. The third kappa shape index (κ3) is 3.46. The van der Waals surface area contributed by atoms with Crippen LogP contribution in [-0.2, 0) is 10.0 Å². The Morgan fingerprint density at radius 1 is 1.11 bits per heavy atom. The van der Waals surface area contributed by atoms with Crippen molar-refractivity contribution in [1.29, 1.82) is 0 Å². The Hall–Kier alpha value is -3.27. The molecule has 2 heterocycles. The summed E-state index contributed by atoms with van der Waals surface area (Å²) in [7, 11) is -4.06. The fraction of sp³-hybridized carbons (Fsp3) is 0.167. The number of likely N-dealkylation sites (tertiary alicyclic amines) is 1. The Bertz CT molecular complexity index is 1090. The Morgan fingerprint density at radius 2 is 1.82 bits per heavy atom. The van der Waals surface area contributed by atoms with E-state index in [1.807, 2.05) is 0 Å². The zero-order chi connectivity index (χ0) is 19.7. The van der Waals surface area contributed by atoms with E-state index in [1.54, 1.807) is 22.0 Å². The SMILES string of the molecule is O=C(c1ccc(NS(=O)(=O)c2ccccc2F)cc1)N1CC(n2ccnn2)C1. The van der Waals surface area contributed by atoms with Gasteiger partial charge in [-0.15, -0.1) is 5.10 Å². The molecule has 8 nitrogen and oxygen atoms in total. The van der Waals surface area contributed by atoms with Gasteiger partial charge in [0.1, 0.15) is 10.7 Å². The van der Waals surface area contributed by atoms with Crippen LogP contribution in [0.2, 0.25) is 0 Å². The van der Waals surface area contributed by atoms with Gasteiger partial charge < -0.3 is 4.90 Å². The van der Waals surface area contributed by atoms with Crippen LogP contribution in [0.3, 0.4) is 0 Å². The van der Waals surface area contributed by atoms with Gasteiger partial charge in [-0.3, -0.25) is 9.52 Å². The van der Waals surface area contributed by atoms with E-state index in [2.05, 4.69) is 15.0 Å². The van der Waals surface area contributed by atoms with Gasteiger partial charge in [0.25, 0.3) is 15.9 Å².